The molecule has 0 atom stereocenters. The molecule has 0 saturated carbocycles. The van der Waals surface area contributed by atoms with Crippen LogP contribution in [0.1, 0.15) is 16.1 Å². The van der Waals surface area contributed by atoms with Gasteiger partial charge in [-0.2, -0.15) is 0 Å². The van der Waals surface area contributed by atoms with Crippen LogP contribution >= 0.6 is 34.7 Å². The van der Waals surface area contributed by atoms with E-state index in [0.717, 1.165) is 5.56 Å². The molecular formula is C16H11Cl2N3O3S2. The maximum absolute atomic E-state index is 12.8. The second-order valence-electron chi connectivity index (χ2n) is 5.30. The fourth-order valence-electron chi connectivity index (χ4n) is 2.12. The van der Waals surface area contributed by atoms with Crippen LogP contribution in [-0.2, 0) is 9.84 Å². The van der Waals surface area contributed by atoms with Crippen molar-refractivity contribution in [1.29, 1.82) is 0 Å². The number of hydrogen-bond acceptors (Lipinski definition) is 6. The van der Waals surface area contributed by atoms with Gasteiger partial charge in [-0.1, -0.05) is 33.8 Å². The van der Waals surface area contributed by atoms with Crippen molar-refractivity contribution in [3.05, 3.63) is 63.8 Å². The summed E-state index contributed by atoms with van der Waals surface area (Å²) in [7, 11) is -3.96. The Kier molecular flexibility index (Phi) is 5.29. The Bertz CT molecular complexity index is 1080. The highest BCUT2D eigenvalue weighted by Gasteiger charge is 2.29. The van der Waals surface area contributed by atoms with Crippen molar-refractivity contribution in [1.82, 2.24) is 9.59 Å². The van der Waals surface area contributed by atoms with Gasteiger partial charge in [0.1, 0.15) is 0 Å². The first kappa shape index (κ1) is 18.8. The third-order valence-electron chi connectivity index (χ3n) is 3.41. The average Bonchev–Trinajstić information content (AvgIpc) is 3.08. The maximum atomic E-state index is 12.8. The molecule has 0 bridgehead atoms. The van der Waals surface area contributed by atoms with Crippen LogP contribution < -0.4 is 5.32 Å². The molecule has 2 aromatic carbocycles. The number of carbonyl (C=O) groups is 1. The summed E-state index contributed by atoms with van der Waals surface area (Å²) < 4.78 is 28.9. The average molecular weight is 428 g/mol. The van der Waals surface area contributed by atoms with E-state index < -0.39 is 15.7 Å². The zero-order valence-electron chi connectivity index (χ0n) is 13.2. The van der Waals surface area contributed by atoms with Crippen LogP contribution in [0.15, 0.2) is 51.6 Å². The summed E-state index contributed by atoms with van der Waals surface area (Å²) >= 11 is 12.5. The Morgan fingerprint density at radius 1 is 1.12 bits per heavy atom. The van der Waals surface area contributed by atoms with Crippen LogP contribution in [0.25, 0.3) is 0 Å². The number of halogens is 2. The van der Waals surface area contributed by atoms with Crippen molar-refractivity contribution in [3.8, 4) is 0 Å². The lowest BCUT2D eigenvalue weighted by atomic mass is 10.2. The first-order valence-electron chi connectivity index (χ1n) is 7.19. The second kappa shape index (κ2) is 7.32. The van der Waals surface area contributed by atoms with Gasteiger partial charge in [0, 0.05) is 16.6 Å². The zero-order chi connectivity index (χ0) is 18.9. The van der Waals surface area contributed by atoms with Crippen molar-refractivity contribution in [2.24, 2.45) is 0 Å². The number of anilines is 1. The molecule has 26 heavy (non-hydrogen) atoms. The number of benzene rings is 2. The standard InChI is InChI=1S/C16H11Cl2N3O3S2/c1-9-2-7-13(12(18)8-9)19-15(22)14-16(25-21-20-14)26(23,24)11-5-3-10(17)4-6-11/h2-8H,1H3,(H,19,22). The van der Waals surface area contributed by atoms with Gasteiger partial charge in [-0.05, 0) is 48.9 Å². The minimum Gasteiger partial charge on any atom is -0.319 e. The molecule has 0 aliphatic rings. The number of aromatic nitrogens is 2. The van der Waals surface area contributed by atoms with E-state index in [2.05, 4.69) is 14.9 Å². The highest BCUT2D eigenvalue weighted by molar-refractivity contribution is 7.93. The quantitative estimate of drug-likeness (QED) is 0.672. The first-order chi connectivity index (χ1) is 12.3. The van der Waals surface area contributed by atoms with Gasteiger partial charge in [0.2, 0.25) is 9.84 Å². The van der Waals surface area contributed by atoms with Crippen LogP contribution in [0.2, 0.25) is 10.0 Å². The normalized spacial score (nSPS) is 11.3. The molecule has 0 aliphatic heterocycles. The molecule has 0 radical (unpaired) electrons. The summed E-state index contributed by atoms with van der Waals surface area (Å²) in [5.41, 5.74) is 0.987. The smallest absolute Gasteiger partial charge is 0.278 e. The molecule has 1 aromatic heterocycles. The van der Waals surface area contributed by atoms with Crippen LogP contribution in [0, 0.1) is 6.92 Å². The topological polar surface area (TPSA) is 89.0 Å². The number of aryl methyl sites for hydroxylation is 1. The number of rotatable bonds is 4. The molecule has 3 rings (SSSR count). The van der Waals surface area contributed by atoms with Crippen molar-refractivity contribution in [2.75, 3.05) is 5.32 Å². The van der Waals surface area contributed by atoms with E-state index in [1.165, 1.54) is 24.3 Å². The molecular weight excluding hydrogens is 417 g/mol. The zero-order valence-corrected chi connectivity index (χ0v) is 16.4. The van der Waals surface area contributed by atoms with Gasteiger partial charge in [0.15, 0.2) is 9.90 Å². The molecule has 0 fully saturated rings. The Morgan fingerprint density at radius 3 is 2.46 bits per heavy atom. The van der Waals surface area contributed by atoms with Crippen LogP contribution in [0.3, 0.4) is 0 Å². The lowest BCUT2D eigenvalue weighted by Gasteiger charge is -2.08. The van der Waals surface area contributed by atoms with E-state index in [-0.39, 0.29) is 14.8 Å². The van der Waals surface area contributed by atoms with E-state index in [0.29, 0.717) is 27.3 Å². The molecule has 0 saturated heterocycles. The van der Waals surface area contributed by atoms with E-state index in [4.69, 9.17) is 23.2 Å². The lowest BCUT2D eigenvalue weighted by Crippen LogP contribution is -2.16. The highest BCUT2D eigenvalue weighted by Crippen LogP contribution is 2.29. The SMILES string of the molecule is Cc1ccc(NC(=O)c2nnsc2S(=O)(=O)c2ccc(Cl)cc2)c(Cl)c1. The highest BCUT2D eigenvalue weighted by atomic mass is 35.5. The molecule has 0 unspecified atom stereocenters. The fraction of sp³-hybridized carbons (Fsp3) is 0.0625. The third-order valence-corrected chi connectivity index (χ3v) is 6.96. The molecule has 1 N–H and O–H groups in total. The van der Waals surface area contributed by atoms with E-state index in [1.54, 1.807) is 18.2 Å². The summed E-state index contributed by atoms with van der Waals surface area (Å²) in [6.07, 6.45) is 0. The molecule has 1 amide bonds. The van der Waals surface area contributed by atoms with E-state index in [9.17, 15) is 13.2 Å². The molecule has 10 heteroatoms. The number of hydrogen-bond donors (Lipinski definition) is 1. The molecule has 6 nitrogen and oxygen atoms in total. The summed E-state index contributed by atoms with van der Waals surface area (Å²) in [5, 5.41) is 6.98. The van der Waals surface area contributed by atoms with Gasteiger partial charge < -0.3 is 5.32 Å². The molecule has 3 aromatic rings. The summed E-state index contributed by atoms with van der Waals surface area (Å²) in [5.74, 6) is -0.711. The predicted octanol–water partition coefficient (Wildman–Crippen LogP) is 4.24. The van der Waals surface area contributed by atoms with Gasteiger partial charge in [-0.15, -0.1) is 5.10 Å². The maximum Gasteiger partial charge on any atom is 0.278 e. The van der Waals surface area contributed by atoms with Gasteiger partial charge in [-0.3, -0.25) is 4.79 Å². The van der Waals surface area contributed by atoms with E-state index >= 15 is 0 Å². The summed E-state index contributed by atoms with van der Waals surface area (Å²) in [4.78, 5) is 12.5. The van der Waals surface area contributed by atoms with Crippen molar-refractivity contribution < 1.29 is 13.2 Å². The monoisotopic (exact) mass is 427 g/mol. The van der Waals surface area contributed by atoms with Gasteiger partial charge in [0.05, 0.1) is 15.6 Å². The van der Waals surface area contributed by atoms with Crippen LogP contribution in [-0.4, -0.2) is 23.9 Å². The largest absolute Gasteiger partial charge is 0.319 e. The molecule has 0 spiro atoms. The van der Waals surface area contributed by atoms with Crippen molar-refractivity contribution in [3.63, 3.8) is 0 Å². The predicted molar refractivity (Wildman–Crippen MR) is 101 cm³/mol. The number of nitrogens with one attached hydrogen (secondary N) is 1. The molecule has 134 valence electrons. The van der Waals surface area contributed by atoms with Crippen LogP contribution in [0.5, 0.6) is 0 Å². The minimum absolute atomic E-state index is 0.00429. The minimum atomic E-state index is -3.96. The number of carbonyl (C=O) groups excluding carboxylic acids is 1. The number of amides is 1. The van der Waals surface area contributed by atoms with Gasteiger partial charge in [-0.25, -0.2) is 8.42 Å². The Balaban J connectivity index is 1.95. The van der Waals surface area contributed by atoms with E-state index in [1.807, 2.05) is 6.92 Å². The molecule has 1 heterocycles. The third kappa shape index (κ3) is 3.73. The summed E-state index contributed by atoms with van der Waals surface area (Å²) in [6.45, 7) is 1.86. The van der Waals surface area contributed by atoms with Crippen molar-refractivity contribution in [2.45, 2.75) is 16.0 Å². The Labute approximate surface area is 163 Å². The lowest BCUT2D eigenvalue weighted by molar-refractivity contribution is 0.101. The second-order valence-corrected chi connectivity index (χ2v) is 9.05. The van der Waals surface area contributed by atoms with Crippen molar-refractivity contribution >= 4 is 56.2 Å². The van der Waals surface area contributed by atoms with Crippen LogP contribution in [0.4, 0.5) is 5.69 Å². The van der Waals surface area contributed by atoms with Gasteiger partial charge in [0.25, 0.3) is 5.91 Å². The Morgan fingerprint density at radius 2 is 1.81 bits per heavy atom. The summed E-state index contributed by atoms with van der Waals surface area (Å²) in [6, 6.07) is 10.7. The number of nitrogens with zero attached hydrogens (tertiary/aromatic N) is 2. The van der Waals surface area contributed by atoms with Gasteiger partial charge >= 0.3 is 0 Å². The fourth-order valence-corrected chi connectivity index (χ4v) is 4.82. The molecule has 0 aliphatic carbocycles. The Hall–Kier alpha value is -2.00. The first-order valence-corrected chi connectivity index (χ1v) is 10.2. The number of sulfone groups is 1.